The molecular weight excluding hydrogens is 465 g/mol. The van der Waals surface area contributed by atoms with E-state index in [0.29, 0.717) is 10.6 Å². The molecule has 3 rings (SSSR count). The van der Waals surface area contributed by atoms with E-state index in [9.17, 15) is 19.1 Å². The van der Waals surface area contributed by atoms with Gasteiger partial charge in [-0.1, -0.05) is 35.9 Å². The standard InChI is InChI=1S/C24H23ClFN3O5/c1-14(28-23(31)20-22(30)19(33-3)12-13-27-20)24(32)34-29(2)21(15-4-8-17(25)9-5-15)16-6-10-18(26)11-7-16/h4-14,21,30H,1-3H3,(H,28,31). The monoisotopic (exact) mass is 487 g/mol. The van der Waals surface area contributed by atoms with Crippen LogP contribution < -0.4 is 10.1 Å². The Labute approximate surface area is 200 Å². The minimum absolute atomic E-state index is 0.0696. The summed E-state index contributed by atoms with van der Waals surface area (Å²) < 4.78 is 18.4. The van der Waals surface area contributed by atoms with Crippen molar-refractivity contribution in [2.24, 2.45) is 0 Å². The van der Waals surface area contributed by atoms with Gasteiger partial charge in [-0.3, -0.25) is 4.79 Å². The second-order valence-electron chi connectivity index (χ2n) is 7.37. The predicted molar refractivity (Wildman–Crippen MR) is 123 cm³/mol. The number of methoxy groups -OCH3 is 1. The van der Waals surface area contributed by atoms with Gasteiger partial charge in [0.05, 0.1) is 13.2 Å². The lowest BCUT2D eigenvalue weighted by atomic mass is 9.98. The van der Waals surface area contributed by atoms with Gasteiger partial charge in [0, 0.05) is 24.3 Å². The highest BCUT2D eigenvalue weighted by atomic mass is 35.5. The van der Waals surface area contributed by atoms with Gasteiger partial charge in [0.25, 0.3) is 5.91 Å². The zero-order valence-electron chi connectivity index (χ0n) is 18.7. The normalized spacial score (nSPS) is 12.6. The Bertz CT molecular complexity index is 1110. The topological polar surface area (TPSA) is 101 Å². The third-order valence-electron chi connectivity index (χ3n) is 4.99. The maximum absolute atomic E-state index is 13.5. The number of nitrogens with one attached hydrogen (secondary N) is 1. The number of rotatable bonds is 8. The van der Waals surface area contributed by atoms with Crippen molar-refractivity contribution in [3.05, 3.63) is 88.5 Å². The highest BCUT2D eigenvalue weighted by molar-refractivity contribution is 6.30. The molecule has 1 heterocycles. The number of hydrogen-bond donors (Lipinski definition) is 2. The van der Waals surface area contributed by atoms with Crippen LogP contribution in [-0.2, 0) is 9.63 Å². The molecule has 1 aromatic heterocycles. The summed E-state index contributed by atoms with van der Waals surface area (Å²) in [6, 6.07) is 12.4. The largest absolute Gasteiger partial charge is 0.503 e. The summed E-state index contributed by atoms with van der Waals surface area (Å²) >= 11 is 6.00. The van der Waals surface area contributed by atoms with Crippen molar-refractivity contribution in [1.29, 1.82) is 0 Å². The number of aromatic nitrogens is 1. The lowest BCUT2D eigenvalue weighted by Crippen LogP contribution is -2.42. The Morgan fingerprint density at radius 1 is 1.09 bits per heavy atom. The molecule has 0 bridgehead atoms. The van der Waals surface area contributed by atoms with E-state index in [4.69, 9.17) is 21.2 Å². The number of halogens is 2. The second-order valence-corrected chi connectivity index (χ2v) is 7.80. The van der Waals surface area contributed by atoms with E-state index in [1.807, 2.05) is 0 Å². The van der Waals surface area contributed by atoms with Gasteiger partial charge in [0.2, 0.25) is 0 Å². The van der Waals surface area contributed by atoms with Crippen LogP contribution in [0.4, 0.5) is 4.39 Å². The summed E-state index contributed by atoms with van der Waals surface area (Å²) in [5.74, 6) is -2.32. The summed E-state index contributed by atoms with van der Waals surface area (Å²) in [5.41, 5.74) is 1.12. The average molecular weight is 488 g/mol. The summed E-state index contributed by atoms with van der Waals surface area (Å²) in [4.78, 5) is 34.6. The molecule has 0 saturated carbocycles. The molecular formula is C24H23ClFN3O5. The fraction of sp³-hybridized carbons (Fsp3) is 0.208. The van der Waals surface area contributed by atoms with E-state index < -0.39 is 35.5 Å². The number of pyridine rings is 1. The van der Waals surface area contributed by atoms with Gasteiger partial charge in [-0.15, -0.1) is 5.06 Å². The fourth-order valence-corrected chi connectivity index (χ4v) is 3.39. The molecule has 0 fully saturated rings. The van der Waals surface area contributed by atoms with Gasteiger partial charge in [-0.25, -0.2) is 14.2 Å². The number of amides is 1. The number of hydrogen-bond acceptors (Lipinski definition) is 7. The molecule has 0 aliphatic carbocycles. The number of hydroxylamine groups is 2. The maximum Gasteiger partial charge on any atom is 0.347 e. The van der Waals surface area contributed by atoms with Gasteiger partial charge >= 0.3 is 5.97 Å². The Kier molecular flexibility index (Phi) is 8.04. The van der Waals surface area contributed by atoms with Crippen molar-refractivity contribution in [1.82, 2.24) is 15.4 Å². The zero-order chi connectivity index (χ0) is 24.8. The van der Waals surface area contributed by atoms with Gasteiger partial charge in [-0.2, -0.15) is 0 Å². The van der Waals surface area contributed by atoms with E-state index in [1.165, 1.54) is 43.5 Å². The van der Waals surface area contributed by atoms with E-state index in [2.05, 4.69) is 10.3 Å². The van der Waals surface area contributed by atoms with Crippen molar-refractivity contribution >= 4 is 23.5 Å². The molecule has 0 aliphatic rings. The number of nitrogens with zero attached hydrogens (tertiary/aromatic N) is 2. The number of aromatic hydroxyl groups is 1. The minimum Gasteiger partial charge on any atom is -0.503 e. The summed E-state index contributed by atoms with van der Waals surface area (Å²) in [7, 11) is 2.88. The van der Waals surface area contributed by atoms with Crippen LogP contribution in [0.25, 0.3) is 0 Å². The lowest BCUT2D eigenvalue weighted by Gasteiger charge is -2.28. The third-order valence-corrected chi connectivity index (χ3v) is 5.24. The third kappa shape index (κ3) is 5.81. The van der Waals surface area contributed by atoms with Crippen LogP contribution in [0.15, 0.2) is 60.8 Å². The number of benzene rings is 2. The Morgan fingerprint density at radius 3 is 2.26 bits per heavy atom. The first kappa shape index (κ1) is 24.9. The Morgan fingerprint density at radius 2 is 1.68 bits per heavy atom. The highest BCUT2D eigenvalue weighted by Crippen LogP contribution is 2.30. The lowest BCUT2D eigenvalue weighted by molar-refractivity contribution is -0.193. The molecule has 3 aromatic rings. The van der Waals surface area contributed by atoms with Crippen LogP contribution in [0.2, 0.25) is 5.02 Å². The van der Waals surface area contributed by atoms with E-state index in [1.54, 1.807) is 43.4 Å². The van der Waals surface area contributed by atoms with Crippen LogP contribution in [-0.4, -0.2) is 47.2 Å². The number of carbonyl (C=O) groups is 2. The van der Waals surface area contributed by atoms with Crippen molar-refractivity contribution in [3.8, 4) is 11.5 Å². The van der Waals surface area contributed by atoms with Crippen LogP contribution in [0.5, 0.6) is 11.5 Å². The molecule has 2 unspecified atom stereocenters. The molecule has 0 spiro atoms. The van der Waals surface area contributed by atoms with Gasteiger partial charge < -0.3 is 20.0 Å². The van der Waals surface area contributed by atoms with Crippen LogP contribution in [0.3, 0.4) is 0 Å². The minimum atomic E-state index is -1.08. The summed E-state index contributed by atoms with van der Waals surface area (Å²) in [5, 5.41) is 14.4. The average Bonchev–Trinajstić information content (AvgIpc) is 2.81. The molecule has 178 valence electrons. The summed E-state index contributed by atoms with van der Waals surface area (Å²) in [6.07, 6.45) is 1.30. The molecule has 0 saturated heterocycles. The van der Waals surface area contributed by atoms with E-state index in [-0.39, 0.29) is 11.4 Å². The quantitative estimate of drug-likeness (QED) is 0.465. The molecule has 2 N–H and O–H groups in total. The van der Waals surface area contributed by atoms with Crippen molar-refractivity contribution in [2.75, 3.05) is 14.2 Å². The predicted octanol–water partition coefficient (Wildman–Crippen LogP) is 3.89. The van der Waals surface area contributed by atoms with Gasteiger partial charge in [0.15, 0.2) is 17.2 Å². The molecule has 2 aromatic carbocycles. The Hall–Kier alpha value is -3.69. The van der Waals surface area contributed by atoms with Crippen molar-refractivity contribution in [2.45, 2.75) is 19.0 Å². The van der Waals surface area contributed by atoms with Crippen LogP contribution in [0.1, 0.15) is 34.6 Å². The first-order valence-electron chi connectivity index (χ1n) is 10.2. The molecule has 1 amide bonds. The SMILES string of the molecule is COc1ccnc(C(=O)NC(C)C(=O)ON(C)C(c2ccc(F)cc2)c2ccc(Cl)cc2)c1O. The van der Waals surface area contributed by atoms with E-state index >= 15 is 0 Å². The molecule has 34 heavy (non-hydrogen) atoms. The van der Waals surface area contributed by atoms with Crippen molar-refractivity contribution < 1.29 is 28.7 Å². The van der Waals surface area contributed by atoms with Crippen molar-refractivity contribution in [3.63, 3.8) is 0 Å². The maximum atomic E-state index is 13.5. The number of carbonyl (C=O) groups excluding carboxylic acids is 2. The number of ether oxygens (including phenoxy) is 1. The Balaban J connectivity index is 1.76. The molecule has 0 radical (unpaired) electrons. The van der Waals surface area contributed by atoms with Crippen LogP contribution >= 0.6 is 11.6 Å². The zero-order valence-corrected chi connectivity index (χ0v) is 19.4. The smallest absolute Gasteiger partial charge is 0.347 e. The first-order valence-corrected chi connectivity index (χ1v) is 10.6. The molecule has 8 nitrogen and oxygen atoms in total. The molecule has 10 heteroatoms. The molecule has 2 atom stereocenters. The molecule has 0 aliphatic heterocycles. The summed E-state index contributed by atoms with van der Waals surface area (Å²) in [6.45, 7) is 1.43. The van der Waals surface area contributed by atoms with E-state index in [0.717, 1.165) is 5.56 Å². The highest BCUT2D eigenvalue weighted by Gasteiger charge is 2.27. The van der Waals surface area contributed by atoms with Crippen LogP contribution in [0, 0.1) is 5.82 Å². The fourth-order valence-electron chi connectivity index (χ4n) is 3.27. The van der Waals surface area contributed by atoms with Gasteiger partial charge in [0.1, 0.15) is 11.9 Å². The van der Waals surface area contributed by atoms with Gasteiger partial charge in [-0.05, 0) is 42.3 Å². The second kappa shape index (κ2) is 11.0. The first-order chi connectivity index (χ1) is 16.2.